The highest BCUT2D eigenvalue weighted by Gasteiger charge is 2.14. The molecule has 0 unspecified atom stereocenters. The molecule has 0 amide bonds. The van der Waals surface area contributed by atoms with Crippen LogP contribution in [0.5, 0.6) is 0 Å². The van der Waals surface area contributed by atoms with E-state index in [1.54, 1.807) is 24.3 Å². The number of non-ortho nitro benzene ring substituents is 1. The Bertz CT molecular complexity index is 1310. The number of nitriles is 1. The van der Waals surface area contributed by atoms with Crippen LogP contribution in [0.3, 0.4) is 0 Å². The number of rotatable bonds is 5. The number of nitrogens with two attached hydrogens (primary N) is 1. The van der Waals surface area contributed by atoms with Crippen molar-refractivity contribution in [1.29, 1.82) is 5.26 Å². The van der Waals surface area contributed by atoms with E-state index in [-0.39, 0.29) is 10.6 Å². The van der Waals surface area contributed by atoms with E-state index in [4.69, 9.17) is 5.14 Å². The standard InChI is InChI=1S/C21H18N4O4S/c1-14-10-17(11-18(13-22)16-4-3-5-20(12-16)25(26)27)15(2)24(14)19-6-8-21(9-7-19)30(23,28)29/h3-12H,1-2H3,(H2,23,28,29). The maximum absolute atomic E-state index is 11.5. The summed E-state index contributed by atoms with van der Waals surface area (Å²) in [6, 6.07) is 16.1. The molecule has 9 heteroatoms. The van der Waals surface area contributed by atoms with Crippen molar-refractivity contribution >= 4 is 27.4 Å². The van der Waals surface area contributed by atoms with E-state index in [9.17, 15) is 23.8 Å². The third-order valence-corrected chi connectivity index (χ3v) is 5.61. The summed E-state index contributed by atoms with van der Waals surface area (Å²) in [5.74, 6) is 0. The molecule has 0 aliphatic heterocycles. The van der Waals surface area contributed by atoms with Gasteiger partial charge in [-0.3, -0.25) is 10.1 Å². The Labute approximate surface area is 173 Å². The Balaban J connectivity index is 2.06. The molecule has 0 fully saturated rings. The molecule has 0 bridgehead atoms. The van der Waals surface area contributed by atoms with Crippen LogP contribution in [-0.2, 0) is 10.0 Å². The lowest BCUT2D eigenvalue weighted by atomic mass is 10.0. The first kappa shape index (κ1) is 21.0. The van der Waals surface area contributed by atoms with Crippen LogP contribution in [0.25, 0.3) is 17.3 Å². The maximum atomic E-state index is 11.5. The number of sulfonamides is 1. The number of primary sulfonamides is 1. The van der Waals surface area contributed by atoms with E-state index in [0.29, 0.717) is 11.1 Å². The van der Waals surface area contributed by atoms with Crippen LogP contribution in [0.4, 0.5) is 5.69 Å². The van der Waals surface area contributed by atoms with Gasteiger partial charge >= 0.3 is 0 Å². The largest absolute Gasteiger partial charge is 0.318 e. The Morgan fingerprint density at radius 3 is 2.40 bits per heavy atom. The fraction of sp³-hybridized carbons (Fsp3) is 0.0952. The summed E-state index contributed by atoms with van der Waals surface area (Å²) in [4.78, 5) is 10.5. The summed E-state index contributed by atoms with van der Waals surface area (Å²) >= 11 is 0. The van der Waals surface area contributed by atoms with E-state index in [0.717, 1.165) is 22.6 Å². The van der Waals surface area contributed by atoms with Crippen LogP contribution in [0, 0.1) is 35.3 Å². The molecule has 30 heavy (non-hydrogen) atoms. The van der Waals surface area contributed by atoms with Gasteiger partial charge in [-0.25, -0.2) is 13.6 Å². The van der Waals surface area contributed by atoms with Crippen molar-refractivity contribution in [1.82, 2.24) is 4.57 Å². The van der Waals surface area contributed by atoms with Crippen LogP contribution in [0.2, 0.25) is 0 Å². The van der Waals surface area contributed by atoms with Gasteiger partial charge in [-0.1, -0.05) is 12.1 Å². The molecule has 2 N–H and O–H groups in total. The monoisotopic (exact) mass is 422 g/mol. The minimum atomic E-state index is -3.78. The second-order valence-electron chi connectivity index (χ2n) is 6.68. The molecular weight excluding hydrogens is 404 g/mol. The highest BCUT2D eigenvalue weighted by atomic mass is 32.2. The van der Waals surface area contributed by atoms with E-state index >= 15 is 0 Å². The van der Waals surface area contributed by atoms with Gasteiger partial charge < -0.3 is 4.57 Å². The zero-order valence-corrected chi connectivity index (χ0v) is 17.1. The molecule has 3 aromatic rings. The molecule has 1 aromatic heterocycles. The molecule has 0 saturated heterocycles. The summed E-state index contributed by atoms with van der Waals surface area (Å²) in [5.41, 5.74) is 3.87. The summed E-state index contributed by atoms with van der Waals surface area (Å²) < 4.78 is 24.8. The van der Waals surface area contributed by atoms with Crippen molar-refractivity contribution in [2.45, 2.75) is 18.7 Å². The molecule has 1 heterocycles. The van der Waals surface area contributed by atoms with Crippen LogP contribution in [-0.4, -0.2) is 17.9 Å². The topological polar surface area (TPSA) is 132 Å². The fourth-order valence-electron chi connectivity index (χ4n) is 3.24. The van der Waals surface area contributed by atoms with E-state index in [2.05, 4.69) is 6.07 Å². The van der Waals surface area contributed by atoms with Gasteiger partial charge in [0.2, 0.25) is 10.0 Å². The molecule has 0 radical (unpaired) electrons. The second kappa shape index (κ2) is 7.94. The number of nitro benzene ring substituents is 1. The van der Waals surface area contributed by atoms with E-state index in [1.165, 1.54) is 30.3 Å². The molecule has 0 aliphatic rings. The summed E-state index contributed by atoms with van der Waals surface area (Å²) in [7, 11) is -3.78. The highest BCUT2D eigenvalue weighted by Crippen LogP contribution is 2.27. The van der Waals surface area contributed by atoms with Gasteiger partial charge in [0.05, 0.1) is 21.5 Å². The lowest BCUT2D eigenvalue weighted by molar-refractivity contribution is -0.384. The van der Waals surface area contributed by atoms with Gasteiger partial charge in [-0.15, -0.1) is 0 Å². The van der Waals surface area contributed by atoms with Crippen molar-refractivity contribution in [2.24, 2.45) is 5.14 Å². The zero-order valence-electron chi connectivity index (χ0n) is 16.2. The molecular formula is C21H18N4O4S. The molecule has 2 aromatic carbocycles. The molecule has 0 aliphatic carbocycles. The summed E-state index contributed by atoms with van der Waals surface area (Å²) in [5, 5.41) is 25.8. The lowest BCUT2D eigenvalue weighted by Gasteiger charge is -2.10. The van der Waals surface area contributed by atoms with Gasteiger partial charge in [0.15, 0.2) is 0 Å². The number of benzene rings is 2. The number of hydrogen-bond acceptors (Lipinski definition) is 5. The average molecular weight is 422 g/mol. The molecule has 0 atom stereocenters. The van der Waals surface area contributed by atoms with Crippen molar-refractivity contribution in [3.63, 3.8) is 0 Å². The fourth-order valence-corrected chi connectivity index (χ4v) is 3.75. The highest BCUT2D eigenvalue weighted by molar-refractivity contribution is 7.89. The van der Waals surface area contributed by atoms with Crippen LogP contribution in [0.15, 0.2) is 59.5 Å². The zero-order chi connectivity index (χ0) is 22.1. The Morgan fingerprint density at radius 2 is 1.83 bits per heavy atom. The molecule has 3 rings (SSSR count). The van der Waals surface area contributed by atoms with Gasteiger partial charge in [0, 0.05) is 29.2 Å². The Morgan fingerprint density at radius 1 is 1.17 bits per heavy atom. The molecule has 8 nitrogen and oxygen atoms in total. The van der Waals surface area contributed by atoms with Crippen molar-refractivity contribution in [3.8, 4) is 11.8 Å². The number of allylic oxidation sites excluding steroid dienone is 1. The number of aryl methyl sites for hydroxylation is 1. The quantitative estimate of drug-likeness (QED) is 0.380. The average Bonchev–Trinajstić information content (AvgIpc) is 2.98. The third kappa shape index (κ3) is 4.15. The van der Waals surface area contributed by atoms with Crippen molar-refractivity contribution < 1.29 is 13.3 Å². The Hall–Kier alpha value is -3.74. The van der Waals surface area contributed by atoms with Crippen molar-refractivity contribution in [3.05, 3.63) is 87.2 Å². The number of aromatic nitrogens is 1. The van der Waals surface area contributed by atoms with Crippen molar-refractivity contribution in [2.75, 3.05) is 0 Å². The summed E-state index contributed by atoms with van der Waals surface area (Å²) in [6.07, 6.45) is 1.68. The normalized spacial score (nSPS) is 11.9. The maximum Gasteiger partial charge on any atom is 0.270 e. The van der Waals surface area contributed by atoms with Gasteiger partial charge in [-0.05, 0) is 61.4 Å². The van der Waals surface area contributed by atoms with Crippen LogP contribution >= 0.6 is 0 Å². The van der Waals surface area contributed by atoms with Gasteiger partial charge in [0.1, 0.15) is 0 Å². The first-order chi connectivity index (χ1) is 14.1. The van der Waals surface area contributed by atoms with E-state index < -0.39 is 14.9 Å². The molecule has 0 spiro atoms. The molecule has 0 saturated carbocycles. The number of hydrogen-bond donors (Lipinski definition) is 1. The third-order valence-electron chi connectivity index (χ3n) is 4.68. The Kier molecular flexibility index (Phi) is 5.56. The van der Waals surface area contributed by atoms with E-state index in [1.807, 2.05) is 24.5 Å². The number of nitro groups is 1. The second-order valence-corrected chi connectivity index (χ2v) is 8.24. The number of nitrogens with zero attached hydrogens (tertiary/aromatic N) is 3. The SMILES string of the molecule is Cc1cc(C=C(C#N)c2cccc([N+](=O)[O-])c2)c(C)n1-c1ccc(S(N)(=O)=O)cc1. The molecule has 152 valence electrons. The smallest absolute Gasteiger partial charge is 0.270 e. The van der Waals surface area contributed by atoms with Crippen LogP contribution in [0.1, 0.15) is 22.5 Å². The van der Waals surface area contributed by atoms with Crippen LogP contribution < -0.4 is 5.14 Å². The first-order valence-electron chi connectivity index (χ1n) is 8.80. The predicted molar refractivity (Wildman–Crippen MR) is 113 cm³/mol. The minimum absolute atomic E-state index is 0.0197. The van der Waals surface area contributed by atoms with Gasteiger partial charge in [-0.2, -0.15) is 5.26 Å². The lowest BCUT2D eigenvalue weighted by Crippen LogP contribution is -2.12. The first-order valence-corrected chi connectivity index (χ1v) is 10.4. The summed E-state index contributed by atoms with van der Waals surface area (Å²) in [6.45, 7) is 3.76. The van der Waals surface area contributed by atoms with Gasteiger partial charge in [0.25, 0.3) is 5.69 Å². The predicted octanol–water partition coefficient (Wildman–Crippen LogP) is 3.71. The minimum Gasteiger partial charge on any atom is -0.318 e.